The molecule has 0 aliphatic rings. The number of halogens is 1. The van der Waals surface area contributed by atoms with E-state index >= 15 is 0 Å². The van der Waals surface area contributed by atoms with Crippen LogP contribution in [0, 0.1) is 6.92 Å². The highest BCUT2D eigenvalue weighted by Gasteiger charge is 2.13. The summed E-state index contributed by atoms with van der Waals surface area (Å²) in [5.41, 5.74) is 2.83. The minimum Gasteiger partial charge on any atom is -0.380 e. The lowest BCUT2D eigenvalue weighted by atomic mass is 10.3. The lowest BCUT2D eigenvalue weighted by Crippen LogP contribution is -2.17. The van der Waals surface area contributed by atoms with Gasteiger partial charge in [0.2, 0.25) is 0 Å². The molecule has 0 N–H and O–H groups in total. The van der Waals surface area contributed by atoms with Crippen molar-refractivity contribution in [1.82, 2.24) is 14.5 Å². The zero-order chi connectivity index (χ0) is 13.1. The van der Waals surface area contributed by atoms with Crippen molar-refractivity contribution in [1.29, 1.82) is 0 Å². The topological polar surface area (TPSA) is 39.9 Å². The fourth-order valence-corrected chi connectivity index (χ4v) is 2.11. The van der Waals surface area contributed by atoms with Crippen LogP contribution in [0.3, 0.4) is 0 Å². The number of methoxy groups -OCH3 is 1. The second-order valence-corrected chi connectivity index (χ2v) is 4.80. The maximum absolute atomic E-state index is 5.83. The highest BCUT2D eigenvalue weighted by Crippen LogP contribution is 2.16. The second-order valence-electron chi connectivity index (χ2n) is 4.42. The zero-order valence-corrected chi connectivity index (χ0v) is 11.7. The van der Waals surface area contributed by atoms with Crippen LogP contribution in [0.4, 0.5) is 0 Å². The molecule has 0 fully saturated rings. The van der Waals surface area contributed by atoms with E-state index in [2.05, 4.69) is 14.5 Å². The predicted molar refractivity (Wildman–Crippen MR) is 73.2 cm³/mol. The van der Waals surface area contributed by atoms with Crippen LogP contribution >= 0.6 is 11.6 Å². The molecule has 98 valence electrons. The largest absolute Gasteiger partial charge is 0.380 e. The summed E-state index contributed by atoms with van der Waals surface area (Å²) < 4.78 is 7.44. The molecular weight excluding hydrogens is 250 g/mol. The summed E-state index contributed by atoms with van der Waals surface area (Å²) in [5.74, 6) is 1.53. The Morgan fingerprint density at radius 3 is 2.83 bits per heavy atom. The monoisotopic (exact) mass is 267 g/mol. The molecule has 0 saturated carbocycles. The van der Waals surface area contributed by atoms with E-state index in [4.69, 9.17) is 16.3 Å². The normalized spacial score (nSPS) is 13.1. The Kier molecular flexibility index (Phi) is 4.19. The molecule has 0 aliphatic heterocycles. The average Bonchev–Trinajstić information content (AvgIpc) is 2.68. The molecule has 0 aliphatic carbocycles. The molecule has 1 atom stereocenters. The van der Waals surface area contributed by atoms with Crippen LogP contribution in [-0.4, -0.2) is 33.6 Å². The smallest absolute Gasteiger partial charge is 0.160 e. The third-order valence-electron chi connectivity index (χ3n) is 2.97. The van der Waals surface area contributed by atoms with E-state index < -0.39 is 0 Å². The Labute approximate surface area is 112 Å². The number of aryl methyl sites for hydroxylation is 2. The van der Waals surface area contributed by atoms with Gasteiger partial charge < -0.3 is 9.30 Å². The molecular formula is C13H18ClN3O. The summed E-state index contributed by atoms with van der Waals surface area (Å²) in [6, 6.07) is 3.98. The Balaban J connectivity index is 2.49. The maximum Gasteiger partial charge on any atom is 0.160 e. The van der Waals surface area contributed by atoms with Crippen molar-refractivity contribution >= 4 is 22.8 Å². The van der Waals surface area contributed by atoms with Crippen LogP contribution in [0.5, 0.6) is 0 Å². The van der Waals surface area contributed by atoms with Crippen molar-refractivity contribution in [3.05, 3.63) is 23.7 Å². The van der Waals surface area contributed by atoms with Crippen LogP contribution in [0.25, 0.3) is 11.2 Å². The molecule has 5 heteroatoms. The molecule has 0 radical (unpaired) electrons. The molecule has 1 unspecified atom stereocenters. The minimum atomic E-state index is 0.124. The summed E-state index contributed by atoms with van der Waals surface area (Å²) >= 11 is 5.83. The molecule has 2 rings (SSSR count). The van der Waals surface area contributed by atoms with E-state index in [1.165, 1.54) is 0 Å². The Bertz CT molecular complexity index is 538. The second kappa shape index (κ2) is 5.67. The SMILES string of the molecule is COC(C)Cn1c(CCCl)nc2ccc(C)nc21. The Hall–Kier alpha value is -1.13. The number of alkyl halides is 1. The van der Waals surface area contributed by atoms with Gasteiger partial charge in [-0.1, -0.05) is 0 Å². The number of fused-ring (bicyclic) bond motifs is 1. The summed E-state index contributed by atoms with van der Waals surface area (Å²) in [7, 11) is 1.71. The first kappa shape index (κ1) is 13.3. The summed E-state index contributed by atoms with van der Waals surface area (Å²) in [5, 5.41) is 0. The number of aromatic nitrogens is 3. The van der Waals surface area contributed by atoms with Gasteiger partial charge >= 0.3 is 0 Å². The van der Waals surface area contributed by atoms with Crippen molar-refractivity contribution in [3.8, 4) is 0 Å². The van der Waals surface area contributed by atoms with E-state index in [-0.39, 0.29) is 6.10 Å². The number of pyridine rings is 1. The average molecular weight is 268 g/mol. The first-order valence-electron chi connectivity index (χ1n) is 6.07. The van der Waals surface area contributed by atoms with E-state index in [0.29, 0.717) is 5.88 Å². The molecule has 2 heterocycles. The number of hydrogen-bond donors (Lipinski definition) is 0. The molecule has 2 aromatic heterocycles. The number of ether oxygens (including phenoxy) is 1. The van der Waals surface area contributed by atoms with Crippen molar-refractivity contribution < 1.29 is 4.74 Å². The van der Waals surface area contributed by atoms with Gasteiger partial charge in [-0.15, -0.1) is 11.6 Å². The lowest BCUT2D eigenvalue weighted by Gasteiger charge is -2.13. The molecule has 4 nitrogen and oxygen atoms in total. The van der Waals surface area contributed by atoms with Gasteiger partial charge in [0, 0.05) is 25.1 Å². The highest BCUT2D eigenvalue weighted by atomic mass is 35.5. The molecule has 0 amide bonds. The van der Waals surface area contributed by atoms with E-state index in [0.717, 1.165) is 35.6 Å². The fourth-order valence-electron chi connectivity index (χ4n) is 1.94. The molecule has 0 aromatic carbocycles. The Morgan fingerprint density at radius 2 is 2.17 bits per heavy atom. The first-order chi connectivity index (χ1) is 8.65. The van der Waals surface area contributed by atoms with Crippen molar-refractivity contribution in [2.24, 2.45) is 0 Å². The van der Waals surface area contributed by atoms with Crippen molar-refractivity contribution in [3.63, 3.8) is 0 Å². The minimum absolute atomic E-state index is 0.124. The number of nitrogens with zero attached hydrogens (tertiary/aromatic N) is 3. The van der Waals surface area contributed by atoms with Gasteiger partial charge in [-0.3, -0.25) is 0 Å². The van der Waals surface area contributed by atoms with E-state index in [1.807, 2.05) is 26.0 Å². The van der Waals surface area contributed by atoms with Crippen LogP contribution in [0.2, 0.25) is 0 Å². The van der Waals surface area contributed by atoms with E-state index in [1.54, 1.807) is 7.11 Å². The van der Waals surface area contributed by atoms with Crippen LogP contribution in [0.15, 0.2) is 12.1 Å². The fraction of sp³-hybridized carbons (Fsp3) is 0.538. The first-order valence-corrected chi connectivity index (χ1v) is 6.60. The Morgan fingerprint density at radius 1 is 1.39 bits per heavy atom. The van der Waals surface area contributed by atoms with Crippen LogP contribution in [0.1, 0.15) is 18.4 Å². The molecule has 18 heavy (non-hydrogen) atoms. The summed E-state index contributed by atoms with van der Waals surface area (Å²) in [6.07, 6.45) is 0.867. The van der Waals surface area contributed by atoms with Gasteiger partial charge in [-0.25, -0.2) is 9.97 Å². The standard InChI is InChI=1S/C13H18ClN3O/c1-9-4-5-11-13(15-9)17(8-10(2)18-3)12(16-11)6-7-14/h4-5,10H,6-8H2,1-3H3. The zero-order valence-electron chi connectivity index (χ0n) is 11.0. The predicted octanol–water partition coefficient (Wildman–Crippen LogP) is 2.56. The number of rotatable bonds is 5. The molecule has 0 bridgehead atoms. The summed E-state index contributed by atoms with van der Waals surface area (Å²) in [4.78, 5) is 9.16. The van der Waals surface area contributed by atoms with Crippen molar-refractivity contribution in [2.45, 2.75) is 32.9 Å². The van der Waals surface area contributed by atoms with Crippen LogP contribution < -0.4 is 0 Å². The summed E-state index contributed by atoms with van der Waals surface area (Å²) in [6.45, 7) is 4.76. The molecule has 0 saturated heterocycles. The van der Waals surface area contributed by atoms with Gasteiger partial charge in [0.05, 0.1) is 12.6 Å². The van der Waals surface area contributed by atoms with Gasteiger partial charge in [-0.2, -0.15) is 0 Å². The van der Waals surface area contributed by atoms with Gasteiger partial charge in [-0.05, 0) is 26.0 Å². The van der Waals surface area contributed by atoms with Crippen molar-refractivity contribution in [2.75, 3.05) is 13.0 Å². The van der Waals surface area contributed by atoms with Gasteiger partial charge in [0.25, 0.3) is 0 Å². The highest BCUT2D eigenvalue weighted by molar-refractivity contribution is 6.17. The van der Waals surface area contributed by atoms with Gasteiger partial charge in [0.1, 0.15) is 11.3 Å². The van der Waals surface area contributed by atoms with Gasteiger partial charge in [0.15, 0.2) is 5.65 Å². The lowest BCUT2D eigenvalue weighted by molar-refractivity contribution is 0.103. The maximum atomic E-state index is 5.83. The number of hydrogen-bond acceptors (Lipinski definition) is 3. The molecule has 0 spiro atoms. The quantitative estimate of drug-likeness (QED) is 0.782. The van der Waals surface area contributed by atoms with Crippen LogP contribution in [-0.2, 0) is 17.7 Å². The number of imidazole rings is 1. The third-order valence-corrected chi connectivity index (χ3v) is 3.16. The van der Waals surface area contributed by atoms with E-state index in [9.17, 15) is 0 Å². The molecule has 2 aromatic rings. The third kappa shape index (κ3) is 2.65.